The molecular formula is C20H28N4O3S. The average Bonchev–Trinajstić information content (AvgIpc) is 3.35. The maximum Gasteiger partial charge on any atom is 0.255 e. The number of pyridine rings is 1. The predicted molar refractivity (Wildman–Crippen MR) is 110 cm³/mol. The van der Waals surface area contributed by atoms with E-state index in [0.717, 1.165) is 24.2 Å². The van der Waals surface area contributed by atoms with E-state index in [1.54, 1.807) is 0 Å². The normalized spacial score (nSPS) is 19.4. The summed E-state index contributed by atoms with van der Waals surface area (Å²) >= 11 is 0. The minimum Gasteiger partial charge on any atom is -0.355 e. The lowest BCUT2D eigenvalue weighted by Gasteiger charge is -2.34. The number of nitrogens with zero attached hydrogens (tertiary/aromatic N) is 4. The molecule has 1 saturated heterocycles. The molecule has 0 atom stereocenters. The Balaban J connectivity index is 1.56. The molecule has 4 rings (SSSR count). The lowest BCUT2D eigenvalue weighted by Crippen LogP contribution is -2.48. The molecule has 7 nitrogen and oxygen atoms in total. The lowest BCUT2D eigenvalue weighted by atomic mass is 10.2. The first-order valence-electron chi connectivity index (χ1n) is 9.93. The number of fused-ring (bicyclic) bond motifs is 1. The van der Waals surface area contributed by atoms with E-state index < -0.39 is 10.0 Å². The van der Waals surface area contributed by atoms with Crippen molar-refractivity contribution in [2.75, 3.05) is 44.4 Å². The van der Waals surface area contributed by atoms with Crippen molar-refractivity contribution in [3.05, 3.63) is 36.0 Å². The smallest absolute Gasteiger partial charge is 0.255 e. The van der Waals surface area contributed by atoms with Crippen LogP contribution < -0.4 is 4.90 Å². The van der Waals surface area contributed by atoms with Gasteiger partial charge in [0.1, 0.15) is 5.82 Å². The molecule has 2 aliphatic rings. The summed E-state index contributed by atoms with van der Waals surface area (Å²) in [6, 6.07) is 8.30. The van der Waals surface area contributed by atoms with Crippen molar-refractivity contribution in [3.63, 3.8) is 0 Å². The Labute approximate surface area is 166 Å². The molecule has 0 N–H and O–H groups in total. The van der Waals surface area contributed by atoms with E-state index in [2.05, 4.69) is 4.90 Å². The maximum atomic E-state index is 13.0. The van der Waals surface area contributed by atoms with Gasteiger partial charge in [0.05, 0.1) is 11.8 Å². The number of hydrogen-bond acceptors (Lipinski definition) is 4. The zero-order valence-corrected chi connectivity index (χ0v) is 17.4. The van der Waals surface area contributed by atoms with Crippen LogP contribution >= 0.6 is 0 Å². The summed E-state index contributed by atoms with van der Waals surface area (Å²) in [5.74, 6) is 1.07. The summed E-state index contributed by atoms with van der Waals surface area (Å²) < 4.78 is 27.1. The highest BCUT2D eigenvalue weighted by molar-refractivity contribution is 7.88. The monoisotopic (exact) mass is 404 g/mol. The Morgan fingerprint density at radius 3 is 2.32 bits per heavy atom. The number of aromatic nitrogens is 1. The summed E-state index contributed by atoms with van der Waals surface area (Å²) in [6.45, 7) is 2.24. The van der Waals surface area contributed by atoms with Gasteiger partial charge in [0.2, 0.25) is 10.0 Å². The first-order valence-corrected chi connectivity index (χ1v) is 11.8. The molecule has 0 bridgehead atoms. The fourth-order valence-electron chi connectivity index (χ4n) is 4.38. The SMILES string of the molecule is CN(C(=O)c1ccc2ccc(N3CCN(S(C)(=O)=O)CC3)n2c1)C1CCCC1. The summed E-state index contributed by atoms with van der Waals surface area (Å²) in [5.41, 5.74) is 1.72. The van der Waals surface area contributed by atoms with Crippen molar-refractivity contribution in [1.29, 1.82) is 0 Å². The second kappa shape index (κ2) is 7.40. The van der Waals surface area contributed by atoms with Gasteiger partial charge in [-0.2, -0.15) is 4.31 Å². The molecule has 0 spiro atoms. The number of piperazine rings is 1. The Hall–Kier alpha value is -2.06. The van der Waals surface area contributed by atoms with Crippen LogP contribution in [0.4, 0.5) is 5.82 Å². The molecule has 1 saturated carbocycles. The zero-order valence-electron chi connectivity index (χ0n) is 16.5. The number of carbonyl (C=O) groups excluding carboxylic acids is 1. The molecule has 152 valence electrons. The van der Waals surface area contributed by atoms with Gasteiger partial charge in [0, 0.05) is 51.0 Å². The van der Waals surface area contributed by atoms with E-state index in [1.165, 1.54) is 23.4 Å². The average molecular weight is 405 g/mol. The van der Waals surface area contributed by atoms with Crippen molar-refractivity contribution in [2.24, 2.45) is 0 Å². The summed E-state index contributed by atoms with van der Waals surface area (Å²) in [6.07, 6.45) is 7.74. The first-order chi connectivity index (χ1) is 13.3. The van der Waals surface area contributed by atoms with Gasteiger partial charge in [-0.25, -0.2) is 8.42 Å². The second-order valence-corrected chi connectivity index (χ2v) is 9.89. The number of sulfonamides is 1. The molecule has 1 aliphatic carbocycles. The Morgan fingerprint density at radius 1 is 1.04 bits per heavy atom. The summed E-state index contributed by atoms with van der Waals surface area (Å²) in [4.78, 5) is 17.0. The van der Waals surface area contributed by atoms with Crippen LogP contribution in [-0.2, 0) is 10.0 Å². The second-order valence-electron chi connectivity index (χ2n) is 7.91. The molecule has 3 heterocycles. The predicted octanol–water partition coefficient (Wildman–Crippen LogP) is 2.04. The van der Waals surface area contributed by atoms with Crippen LogP contribution in [0.2, 0.25) is 0 Å². The topological polar surface area (TPSA) is 65.3 Å². The van der Waals surface area contributed by atoms with Gasteiger partial charge in [0.15, 0.2) is 0 Å². The van der Waals surface area contributed by atoms with Gasteiger partial charge in [-0.05, 0) is 37.1 Å². The van der Waals surface area contributed by atoms with E-state index >= 15 is 0 Å². The minimum absolute atomic E-state index is 0.0651. The van der Waals surface area contributed by atoms with Crippen molar-refractivity contribution in [1.82, 2.24) is 13.6 Å². The zero-order chi connectivity index (χ0) is 19.9. The van der Waals surface area contributed by atoms with Crippen LogP contribution in [0.1, 0.15) is 36.0 Å². The first kappa shape index (κ1) is 19.3. The highest BCUT2D eigenvalue weighted by Gasteiger charge is 2.26. The van der Waals surface area contributed by atoms with Gasteiger partial charge < -0.3 is 14.2 Å². The standard InChI is InChI=1S/C20H28N4O3S/c1-21(17-5-3-4-6-17)20(25)16-7-8-18-9-10-19(24(18)15-16)22-11-13-23(14-12-22)28(2,26)27/h7-10,15,17H,3-6,11-14H2,1-2H3. The lowest BCUT2D eigenvalue weighted by molar-refractivity contribution is 0.0734. The number of amides is 1. The quantitative estimate of drug-likeness (QED) is 0.782. The Morgan fingerprint density at radius 2 is 1.68 bits per heavy atom. The molecule has 8 heteroatoms. The molecule has 2 fully saturated rings. The van der Waals surface area contributed by atoms with Gasteiger partial charge in [-0.1, -0.05) is 12.8 Å². The highest BCUT2D eigenvalue weighted by Crippen LogP contribution is 2.25. The van der Waals surface area contributed by atoms with E-state index in [9.17, 15) is 13.2 Å². The summed E-state index contributed by atoms with van der Waals surface area (Å²) in [5, 5.41) is 0. The van der Waals surface area contributed by atoms with E-state index in [-0.39, 0.29) is 5.91 Å². The molecule has 2 aromatic heterocycles. The summed E-state index contributed by atoms with van der Waals surface area (Å²) in [7, 11) is -1.24. The maximum absolute atomic E-state index is 13.0. The molecular weight excluding hydrogens is 376 g/mol. The van der Waals surface area contributed by atoms with Crippen LogP contribution in [0, 0.1) is 0 Å². The largest absolute Gasteiger partial charge is 0.355 e. The van der Waals surface area contributed by atoms with E-state index in [4.69, 9.17) is 0 Å². The van der Waals surface area contributed by atoms with Gasteiger partial charge in [0.25, 0.3) is 5.91 Å². The third-order valence-corrected chi connectivity index (χ3v) is 7.40. The Bertz CT molecular complexity index is 970. The number of anilines is 1. The molecule has 1 aliphatic heterocycles. The van der Waals surface area contributed by atoms with Gasteiger partial charge in [-0.3, -0.25) is 4.79 Å². The number of carbonyl (C=O) groups is 1. The third-order valence-electron chi connectivity index (χ3n) is 6.10. The molecule has 2 aromatic rings. The van der Waals surface area contributed by atoms with Crippen LogP contribution in [-0.4, -0.2) is 73.5 Å². The number of hydrogen-bond donors (Lipinski definition) is 0. The van der Waals surface area contributed by atoms with Crippen LogP contribution in [0.25, 0.3) is 5.52 Å². The van der Waals surface area contributed by atoms with Crippen LogP contribution in [0.15, 0.2) is 30.5 Å². The van der Waals surface area contributed by atoms with Crippen molar-refractivity contribution >= 4 is 27.3 Å². The third kappa shape index (κ3) is 3.63. The minimum atomic E-state index is -3.15. The van der Waals surface area contributed by atoms with Gasteiger partial charge >= 0.3 is 0 Å². The molecule has 0 aromatic carbocycles. The van der Waals surface area contributed by atoms with Crippen molar-refractivity contribution in [3.8, 4) is 0 Å². The fourth-order valence-corrected chi connectivity index (χ4v) is 5.21. The number of rotatable bonds is 4. The molecule has 0 radical (unpaired) electrons. The van der Waals surface area contributed by atoms with Crippen LogP contribution in [0.3, 0.4) is 0 Å². The van der Waals surface area contributed by atoms with Crippen LogP contribution in [0.5, 0.6) is 0 Å². The van der Waals surface area contributed by atoms with Crippen molar-refractivity contribution in [2.45, 2.75) is 31.7 Å². The van der Waals surface area contributed by atoms with Gasteiger partial charge in [-0.15, -0.1) is 0 Å². The van der Waals surface area contributed by atoms with Crippen molar-refractivity contribution < 1.29 is 13.2 Å². The molecule has 28 heavy (non-hydrogen) atoms. The molecule has 0 unspecified atom stereocenters. The fraction of sp³-hybridized carbons (Fsp3) is 0.550. The molecule has 1 amide bonds. The highest BCUT2D eigenvalue weighted by atomic mass is 32.2. The Kier molecular flexibility index (Phi) is 5.09. The van der Waals surface area contributed by atoms with E-state index in [1.807, 2.05) is 46.8 Å². The van der Waals surface area contributed by atoms with E-state index in [0.29, 0.717) is 37.8 Å².